The molecular weight excluding hydrogens is 474 g/mol. The van der Waals surface area contributed by atoms with Crippen molar-refractivity contribution in [3.05, 3.63) is 71.9 Å². The summed E-state index contributed by atoms with van der Waals surface area (Å²) >= 11 is 1.32. The second-order valence-electron chi connectivity index (χ2n) is 8.41. The molecule has 1 N–H and O–H groups in total. The molecule has 0 fully saturated rings. The van der Waals surface area contributed by atoms with E-state index in [0.29, 0.717) is 28.0 Å². The van der Waals surface area contributed by atoms with Crippen molar-refractivity contribution in [1.82, 2.24) is 14.8 Å². The Labute approximate surface area is 213 Å². The van der Waals surface area contributed by atoms with Gasteiger partial charge in [0.2, 0.25) is 0 Å². The van der Waals surface area contributed by atoms with Gasteiger partial charge < -0.3 is 10.1 Å². The van der Waals surface area contributed by atoms with Crippen LogP contribution in [0.3, 0.4) is 0 Å². The van der Waals surface area contributed by atoms with Crippen molar-refractivity contribution in [2.75, 3.05) is 17.7 Å². The smallest absolute Gasteiger partial charge is 0.339 e. The van der Waals surface area contributed by atoms with E-state index in [9.17, 15) is 9.59 Å². The number of nitrogens with zero attached hydrogens (tertiary/aromatic N) is 4. The van der Waals surface area contributed by atoms with Gasteiger partial charge in [-0.1, -0.05) is 42.0 Å². The number of para-hydroxylation sites is 1. The van der Waals surface area contributed by atoms with Crippen LogP contribution in [0.5, 0.6) is 0 Å². The maximum Gasteiger partial charge on any atom is 0.339 e. The Bertz CT molecular complexity index is 1450. The number of ether oxygens (including phenoxy) is 1. The average Bonchev–Trinajstić information content (AvgIpc) is 3.31. The molecule has 4 aromatic rings. The summed E-state index contributed by atoms with van der Waals surface area (Å²) in [5.74, 6) is -0.857. The Balaban J connectivity index is 1.57. The summed E-state index contributed by atoms with van der Waals surface area (Å²) in [6.07, 6.45) is 1.60. The molecule has 0 bridgehead atoms. The molecule has 182 valence electrons. The van der Waals surface area contributed by atoms with Gasteiger partial charge in [-0.15, -0.1) is 11.8 Å². The first-order valence-corrected chi connectivity index (χ1v) is 12.4. The van der Waals surface area contributed by atoms with Gasteiger partial charge in [-0.3, -0.25) is 4.79 Å². The number of rotatable bonds is 8. The molecule has 0 unspecified atom stereocenters. The third-order valence-electron chi connectivity index (χ3n) is 5.41. The largest absolute Gasteiger partial charge is 0.452 e. The maximum absolute atomic E-state index is 13.1. The molecule has 0 saturated carbocycles. The number of hydrogen-bond acceptors (Lipinski definition) is 7. The van der Waals surface area contributed by atoms with E-state index in [4.69, 9.17) is 15.0 Å². The van der Waals surface area contributed by atoms with Gasteiger partial charge in [-0.05, 0) is 39.0 Å². The van der Waals surface area contributed by atoms with Crippen LogP contribution < -0.4 is 5.32 Å². The van der Waals surface area contributed by atoms with Gasteiger partial charge in [0.25, 0.3) is 5.91 Å². The Morgan fingerprint density at radius 1 is 1.17 bits per heavy atom. The highest BCUT2D eigenvalue weighted by atomic mass is 32.2. The zero-order valence-corrected chi connectivity index (χ0v) is 21.0. The van der Waals surface area contributed by atoms with Gasteiger partial charge in [0, 0.05) is 16.5 Å². The Morgan fingerprint density at radius 3 is 2.64 bits per heavy atom. The second-order valence-corrected chi connectivity index (χ2v) is 9.43. The van der Waals surface area contributed by atoms with Crippen LogP contribution in [-0.2, 0) is 9.53 Å². The molecule has 2 aromatic carbocycles. The number of carbonyl (C=O) groups excluding carboxylic acids is 2. The average molecular weight is 500 g/mol. The topological polar surface area (TPSA) is 110 Å². The van der Waals surface area contributed by atoms with Crippen molar-refractivity contribution in [1.29, 1.82) is 5.26 Å². The SMILES string of the molecule is Cc1ccc(-c2cc(C(=O)OCC(=O)Nc3ccccc3SCC#N)c3cnn(C(C)C)c3n2)cc1. The molecule has 0 spiro atoms. The van der Waals surface area contributed by atoms with Gasteiger partial charge >= 0.3 is 5.97 Å². The summed E-state index contributed by atoms with van der Waals surface area (Å²) in [6.45, 7) is 5.52. The van der Waals surface area contributed by atoms with E-state index in [-0.39, 0.29) is 11.8 Å². The molecule has 1 amide bonds. The maximum atomic E-state index is 13.1. The quantitative estimate of drug-likeness (QED) is 0.255. The zero-order valence-electron chi connectivity index (χ0n) is 20.2. The van der Waals surface area contributed by atoms with Gasteiger partial charge in [0.1, 0.15) is 0 Å². The number of carbonyl (C=O) groups is 2. The first kappa shape index (κ1) is 24.9. The first-order chi connectivity index (χ1) is 17.4. The van der Waals surface area contributed by atoms with E-state index in [0.717, 1.165) is 16.0 Å². The van der Waals surface area contributed by atoms with E-state index < -0.39 is 18.5 Å². The Hall–Kier alpha value is -4.16. The number of benzene rings is 2. The molecule has 2 aromatic heterocycles. The fourth-order valence-electron chi connectivity index (χ4n) is 3.64. The molecule has 8 nitrogen and oxygen atoms in total. The Kier molecular flexibility index (Phi) is 7.66. The number of aryl methyl sites for hydroxylation is 1. The lowest BCUT2D eigenvalue weighted by molar-refractivity contribution is -0.119. The van der Waals surface area contributed by atoms with Crippen molar-refractivity contribution in [2.45, 2.75) is 31.7 Å². The normalized spacial score (nSPS) is 10.9. The van der Waals surface area contributed by atoms with Crippen LogP contribution in [0.2, 0.25) is 0 Å². The van der Waals surface area contributed by atoms with Crippen molar-refractivity contribution < 1.29 is 14.3 Å². The van der Waals surface area contributed by atoms with E-state index in [2.05, 4.69) is 16.5 Å². The van der Waals surface area contributed by atoms with Crippen LogP contribution in [0.15, 0.2) is 65.7 Å². The molecule has 0 aliphatic carbocycles. The number of nitrogens with one attached hydrogen (secondary N) is 1. The van der Waals surface area contributed by atoms with Gasteiger partial charge in [-0.25, -0.2) is 14.5 Å². The molecule has 0 radical (unpaired) electrons. The lowest BCUT2D eigenvalue weighted by atomic mass is 10.1. The van der Waals surface area contributed by atoms with E-state index >= 15 is 0 Å². The fourth-order valence-corrected chi connectivity index (χ4v) is 4.31. The molecule has 4 rings (SSSR count). The molecule has 0 saturated heterocycles. The third-order valence-corrected chi connectivity index (χ3v) is 6.35. The first-order valence-electron chi connectivity index (χ1n) is 11.4. The summed E-state index contributed by atoms with van der Waals surface area (Å²) in [5, 5.41) is 16.6. The van der Waals surface area contributed by atoms with Crippen molar-refractivity contribution in [3.63, 3.8) is 0 Å². The van der Waals surface area contributed by atoms with Gasteiger partial charge in [0.15, 0.2) is 12.3 Å². The summed E-state index contributed by atoms with van der Waals surface area (Å²) in [6, 6.07) is 18.8. The summed E-state index contributed by atoms with van der Waals surface area (Å²) in [7, 11) is 0. The highest BCUT2D eigenvalue weighted by Gasteiger charge is 2.20. The van der Waals surface area contributed by atoms with Crippen LogP contribution in [0, 0.1) is 18.3 Å². The molecule has 9 heteroatoms. The number of anilines is 1. The van der Waals surface area contributed by atoms with Crippen LogP contribution in [-0.4, -0.2) is 39.0 Å². The number of fused-ring (bicyclic) bond motifs is 1. The summed E-state index contributed by atoms with van der Waals surface area (Å²) < 4.78 is 7.15. The van der Waals surface area contributed by atoms with E-state index in [1.165, 1.54) is 11.8 Å². The fraction of sp³-hybridized carbons (Fsp3) is 0.222. The minimum Gasteiger partial charge on any atom is -0.452 e. The highest BCUT2D eigenvalue weighted by Crippen LogP contribution is 2.28. The second kappa shape index (κ2) is 11.1. The summed E-state index contributed by atoms with van der Waals surface area (Å²) in [5.41, 5.74) is 4.01. The minimum absolute atomic E-state index is 0.0388. The number of nitriles is 1. The predicted molar refractivity (Wildman–Crippen MR) is 140 cm³/mol. The Morgan fingerprint density at radius 2 is 1.92 bits per heavy atom. The number of pyridine rings is 1. The minimum atomic E-state index is -0.638. The van der Waals surface area contributed by atoms with Crippen LogP contribution >= 0.6 is 11.8 Å². The van der Waals surface area contributed by atoms with Crippen molar-refractivity contribution >= 4 is 40.4 Å². The van der Waals surface area contributed by atoms with Gasteiger partial charge in [0.05, 0.1) is 40.3 Å². The third kappa shape index (κ3) is 5.56. The van der Waals surface area contributed by atoms with Crippen molar-refractivity contribution in [3.8, 4) is 17.3 Å². The van der Waals surface area contributed by atoms with Crippen LogP contribution in [0.25, 0.3) is 22.3 Å². The van der Waals surface area contributed by atoms with E-state index in [1.807, 2.05) is 57.2 Å². The number of hydrogen-bond donors (Lipinski definition) is 1. The molecule has 0 atom stereocenters. The molecule has 0 aliphatic heterocycles. The number of aromatic nitrogens is 3. The molecule has 2 heterocycles. The zero-order chi connectivity index (χ0) is 25.7. The van der Waals surface area contributed by atoms with Crippen molar-refractivity contribution in [2.24, 2.45) is 0 Å². The number of esters is 1. The number of thioether (sulfide) groups is 1. The summed E-state index contributed by atoms with van der Waals surface area (Å²) in [4.78, 5) is 31.2. The highest BCUT2D eigenvalue weighted by molar-refractivity contribution is 7.99. The van der Waals surface area contributed by atoms with Crippen LogP contribution in [0.1, 0.15) is 35.8 Å². The monoisotopic (exact) mass is 499 g/mol. The van der Waals surface area contributed by atoms with E-state index in [1.54, 1.807) is 29.1 Å². The lowest BCUT2D eigenvalue weighted by Gasteiger charge is -2.12. The molecular formula is C27H25N5O3S. The molecule has 36 heavy (non-hydrogen) atoms. The standard InChI is InChI=1S/C27H25N5O3S/c1-17(2)32-26-21(15-29-32)20(14-23(31-26)19-10-8-18(3)9-11-19)27(34)35-16-25(33)30-22-6-4-5-7-24(22)36-13-12-28/h4-11,14-15,17H,13,16H2,1-3H3,(H,30,33). The lowest BCUT2D eigenvalue weighted by Crippen LogP contribution is -2.21. The molecule has 0 aliphatic rings. The predicted octanol–water partition coefficient (Wildman–Crippen LogP) is 5.40. The van der Waals surface area contributed by atoms with Gasteiger partial charge in [-0.2, -0.15) is 10.4 Å². The number of amides is 1. The van der Waals surface area contributed by atoms with Crippen LogP contribution in [0.4, 0.5) is 5.69 Å².